The Hall–Kier alpha value is -2.83. The number of amides is 1. The lowest BCUT2D eigenvalue weighted by Crippen LogP contribution is -2.50. The van der Waals surface area contributed by atoms with E-state index in [-0.39, 0.29) is 36.5 Å². The topological polar surface area (TPSA) is 99.3 Å². The van der Waals surface area contributed by atoms with Crippen molar-refractivity contribution in [1.82, 2.24) is 5.32 Å². The number of nitro groups is 1. The Balaban J connectivity index is 2.09. The quantitative estimate of drug-likeness (QED) is 0.541. The predicted octanol–water partition coefficient (Wildman–Crippen LogP) is 4.27. The third-order valence-corrected chi connectivity index (χ3v) is 5.17. The minimum atomic E-state index is -4.67. The smallest absolute Gasteiger partial charge is 0.366 e. The average molecular weight is 426 g/mol. The summed E-state index contributed by atoms with van der Waals surface area (Å²) in [4.78, 5) is 24.7. The summed E-state index contributed by atoms with van der Waals surface area (Å²) in [6.07, 6.45) is -3.40. The van der Waals surface area contributed by atoms with E-state index >= 15 is 0 Å². The van der Waals surface area contributed by atoms with E-state index < -0.39 is 27.9 Å². The maximum absolute atomic E-state index is 12.9. The molecule has 10 heteroatoms. The van der Waals surface area contributed by atoms with Crippen LogP contribution in [-0.4, -0.2) is 29.5 Å². The first-order valence-corrected chi connectivity index (χ1v) is 9.70. The van der Waals surface area contributed by atoms with Crippen molar-refractivity contribution in [3.8, 4) is 6.07 Å². The van der Waals surface area contributed by atoms with Crippen molar-refractivity contribution < 1.29 is 22.9 Å². The van der Waals surface area contributed by atoms with E-state index in [1.807, 2.05) is 13.8 Å². The molecule has 1 atom stereocenters. The van der Waals surface area contributed by atoms with Gasteiger partial charge in [0.1, 0.15) is 11.2 Å². The van der Waals surface area contributed by atoms with E-state index in [1.54, 1.807) is 11.8 Å². The van der Waals surface area contributed by atoms with Gasteiger partial charge in [-0.25, -0.2) is 0 Å². The molecule has 1 aliphatic rings. The zero-order valence-electron chi connectivity index (χ0n) is 17.1. The number of nitriles is 1. The van der Waals surface area contributed by atoms with Crippen LogP contribution in [0.3, 0.4) is 0 Å². The van der Waals surface area contributed by atoms with Gasteiger partial charge in [-0.05, 0) is 44.2 Å². The fraction of sp³-hybridized carbons (Fsp3) is 0.600. The van der Waals surface area contributed by atoms with Crippen molar-refractivity contribution in [2.24, 2.45) is 11.8 Å². The van der Waals surface area contributed by atoms with Gasteiger partial charge in [0, 0.05) is 25.1 Å². The van der Waals surface area contributed by atoms with E-state index in [9.17, 15) is 33.3 Å². The number of hydrogen-bond acceptors (Lipinski definition) is 5. The summed E-state index contributed by atoms with van der Waals surface area (Å²) in [5.74, 6) is -0.395. The summed E-state index contributed by atoms with van der Waals surface area (Å²) in [5, 5.41) is 23.5. The van der Waals surface area contributed by atoms with Crippen molar-refractivity contribution in [3.05, 3.63) is 33.9 Å². The molecule has 1 unspecified atom stereocenters. The zero-order chi connectivity index (χ0) is 22.7. The Kier molecular flexibility index (Phi) is 6.95. The van der Waals surface area contributed by atoms with Gasteiger partial charge >= 0.3 is 6.18 Å². The van der Waals surface area contributed by atoms with Gasteiger partial charge in [-0.2, -0.15) is 18.4 Å². The highest BCUT2D eigenvalue weighted by molar-refractivity contribution is 5.80. The Labute approximate surface area is 173 Å². The number of carbonyl (C=O) groups excluding carboxylic acids is 1. The molecule has 1 N–H and O–H groups in total. The number of nitrogens with zero attached hydrogens (tertiary/aromatic N) is 3. The molecule has 1 fully saturated rings. The molecule has 30 heavy (non-hydrogen) atoms. The number of alkyl halides is 3. The van der Waals surface area contributed by atoms with Crippen LogP contribution < -0.4 is 10.2 Å². The van der Waals surface area contributed by atoms with Gasteiger partial charge in [0.2, 0.25) is 5.91 Å². The van der Waals surface area contributed by atoms with Crippen LogP contribution in [0.2, 0.25) is 0 Å². The summed E-state index contributed by atoms with van der Waals surface area (Å²) < 4.78 is 38.7. The minimum Gasteiger partial charge on any atom is -0.366 e. The number of benzene rings is 1. The molecule has 1 saturated heterocycles. The van der Waals surface area contributed by atoms with Gasteiger partial charge < -0.3 is 10.2 Å². The Morgan fingerprint density at radius 2 is 1.97 bits per heavy atom. The summed E-state index contributed by atoms with van der Waals surface area (Å²) in [5.41, 5.74) is -2.56. The standard InChI is InChI=1S/C20H25F3N4O3/c1-13(2)11-19(3,12-24)25-18(28)14-6-8-26(9-7-14)16-5-4-15(20(21,22)23)10-17(16)27(29)30/h4-5,10,13-14H,6-9,11H2,1-3H3,(H,25,28). The monoisotopic (exact) mass is 426 g/mol. The van der Waals surface area contributed by atoms with E-state index in [0.29, 0.717) is 25.3 Å². The molecule has 7 nitrogen and oxygen atoms in total. The first kappa shape index (κ1) is 23.4. The molecule has 0 aliphatic carbocycles. The maximum Gasteiger partial charge on any atom is 0.416 e. The van der Waals surface area contributed by atoms with E-state index in [1.165, 1.54) is 0 Å². The third kappa shape index (κ3) is 5.62. The molecule has 0 saturated carbocycles. The van der Waals surface area contributed by atoms with Crippen molar-refractivity contribution in [2.45, 2.75) is 51.7 Å². The number of rotatable bonds is 6. The molecule has 0 radical (unpaired) electrons. The molecule has 1 aromatic carbocycles. The van der Waals surface area contributed by atoms with Crippen LogP contribution in [0.4, 0.5) is 24.5 Å². The first-order chi connectivity index (χ1) is 13.9. The largest absolute Gasteiger partial charge is 0.416 e. The SMILES string of the molecule is CC(C)CC(C)(C#N)NC(=O)C1CCN(c2ccc(C(F)(F)F)cc2[N+](=O)[O-])CC1. The molecule has 2 rings (SSSR count). The summed E-state index contributed by atoms with van der Waals surface area (Å²) in [7, 11) is 0. The van der Waals surface area contributed by atoms with Crippen molar-refractivity contribution in [1.29, 1.82) is 5.26 Å². The molecule has 0 spiro atoms. The Bertz CT molecular complexity index is 843. The normalized spacial score (nSPS) is 17.3. The van der Waals surface area contributed by atoms with Crippen molar-refractivity contribution in [3.63, 3.8) is 0 Å². The number of hydrogen-bond donors (Lipinski definition) is 1. The molecule has 1 heterocycles. The Morgan fingerprint density at radius 3 is 2.43 bits per heavy atom. The molecule has 1 amide bonds. The van der Waals surface area contributed by atoms with Crippen LogP contribution in [0.15, 0.2) is 18.2 Å². The van der Waals surface area contributed by atoms with Crippen LogP contribution in [0.25, 0.3) is 0 Å². The number of piperidine rings is 1. The number of carbonyl (C=O) groups is 1. The average Bonchev–Trinajstić information content (AvgIpc) is 2.66. The van der Waals surface area contributed by atoms with Gasteiger partial charge in [-0.15, -0.1) is 0 Å². The molecule has 164 valence electrons. The molecular weight excluding hydrogens is 401 g/mol. The van der Waals surface area contributed by atoms with Crippen molar-refractivity contribution >= 4 is 17.3 Å². The van der Waals surface area contributed by atoms with Gasteiger partial charge in [-0.1, -0.05) is 13.8 Å². The van der Waals surface area contributed by atoms with Gasteiger partial charge in [0.25, 0.3) is 5.69 Å². The lowest BCUT2D eigenvalue weighted by atomic mass is 9.89. The fourth-order valence-electron chi connectivity index (χ4n) is 3.81. The Morgan fingerprint density at radius 1 is 1.37 bits per heavy atom. The second-order valence-electron chi connectivity index (χ2n) is 8.25. The molecule has 0 bridgehead atoms. The second kappa shape index (κ2) is 8.90. The van der Waals surface area contributed by atoms with Crippen LogP contribution >= 0.6 is 0 Å². The summed E-state index contributed by atoms with van der Waals surface area (Å²) in [6, 6.07) is 4.62. The number of halogens is 3. The predicted molar refractivity (Wildman–Crippen MR) is 105 cm³/mol. The molecule has 0 aromatic heterocycles. The van der Waals surface area contributed by atoms with Crippen LogP contribution in [-0.2, 0) is 11.0 Å². The molecule has 1 aliphatic heterocycles. The van der Waals surface area contributed by atoms with E-state index in [0.717, 1.165) is 12.1 Å². The third-order valence-electron chi connectivity index (χ3n) is 5.17. The number of nitrogens with one attached hydrogen (secondary N) is 1. The molecule has 1 aromatic rings. The maximum atomic E-state index is 12.9. The highest BCUT2D eigenvalue weighted by atomic mass is 19.4. The van der Waals surface area contributed by atoms with Crippen LogP contribution in [0.5, 0.6) is 0 Å². The summed E-state index contributed by atoms with van der Waals surface area (Å²) in [6.45, 7) is 6.16. The van der Waals surface area contributed by atoms with Crippen molar-refractivity contribution in [2.75, 3.05) is 18.0 Å². The van der Waals surface area contributed by atoms with Gasteiger partial charge in [-0.3, -0.25) is 14.9 Å². The van der Waals surface area contributed by atoms with E-state index in [4.69, 9.17) is 0 Å². The minimum absolute atomic E-state index is 0.105. The number of anilines is 1. The van der Waals surface area contributed by atoms with Gasteiger partial charge in [0.05, 0.1) is 16.6 Å². The van der Waals surface area contributed by atoms with Crippen LogP contribution in [0.1, 0.15) is 45.6 Å². The van der Waals surface area contributed by atoms with E-state index in [2.05, 4.69) is 11.4 Å². The van der Waals surface area contributed by atoms with Gasteiger partial charge in [0.15, 0.2) is 0 Å². The lowest BCUT2D eigenvalue weighted by molar-refractivity contribution is -0.384. The molecular formula is C20H25F3N4O3. The first-order valence-electron chi connectivity index (χ1n) is 9.70. The summed E-state index contributed by atoms with van der Waals surface area (Å²) >= 11 is 0. The second-order valence-corrected chi connectivity index (χ2v) is 8.25. The lowest BCUT2D eigenvalue weighted by Gasteiger charge is -2.34. The number of nitro benzene ring substituents is 1. The highest BCUT2D eigenvalue weighted by Gasteiger charge is 2.36. The zero-order valence-corrected chi connectivity index (χ0v) is 17.1. The fourth-order valence-corrected chi connectivity index (χ4v) is 3.81. The highest BCUT2D eigenvalue weighted by Crippen LogP contribution is 2.37. The van der Waals surface area contributed by atoms with Crippen LogP contribution in [0, 0.1) is 33.3 Å².